The molecule has 0 bridgehead atoms. The van der Waals surface area contributed by atoms with Crippen molar-refractivity contribution in [2.24, 2.45) is 0 Å². The fraction of sp³-hybridized carbons (Fsp3) is 0.538. The van der Waals surface area contributed by atoms with E-state index in [2.05, 4.69) is 5.32 Å². The van der Waals surface area contributed by atoms with Crippen molar-refractivity contribution in [2.75, 3.05) is 18.6 Å². The molecule has 3 atom stereocenters. The van der Waals surface area contributed by atoms with Gasteiger partial charge in [0.2, 0.25) is 0 Å². The van der Waals surface area contributed by atoms with E-state index >= 15 is 0 Å². The summed E-state index contributed by atoms with van der Waals surface area (Å²) in [6.07, 6.45) is 2.71. The van der Waals surface area contributed by atoms with Crippen molar-refractivity contribution < 1.29 is 8.60 Å². The SMILES string of the molecule is CC(CNC1CCSc2c(F)cccc21)S(C)=O. The minimum Gasteiger partial charge on any atom is -0.309 e. The highest BCUT2D eigenvalue weighted by Gasteiger charge is 2.23. The molecule has 0 saturated carbocycles. The first-order chi connectivity index (χ1) is 8.59. The van der Waals surface area contributed by atoms with Crippen LogP contribution in [0.5, 0.6) is 0 Å². The number of halogens is 1. The molecule has 0 amide bonds. The smallest absolute Gasteiger partial charge is 0.137 e. The minimum absolute atomic E-state index is 0.122. The second-order valence-corrected chi connectivity index (χ2v) is 7.47. The first-order valence-electron chi connectivity index (χ1n) is 6.06. The summed E-state index contributed by atoms with van der Waals surface area (Å²) in [5.74, 6) is 0.797. The van der Waals surface area contributed by atoms with Crippen LogP contribution in [-0.2, 0) is 10.8 Å². The van der Waals surface area contributed by atoms with Gasteiger partial charge in [-0.25, -0.2) is 4.39 Å². The summed E-state index contributed by atoms with van der Waals surface area (Å²) in [6.45, 7) is 2.67. The zero-order valence-electron chi connectivity index (χ0n) is 10.6. The molecule has 1 aromatic rings. The van der Waals surface area contributed by atoms with Crippen molar-refractivity contribution in [1.82, 2.24) is 5.32 Å². The third-order valence-electron chi connectivity index (χ3n) is 3.24. The van der Waals surface area contributed by atoms with E-state index in [9.17, 15) is 8.60 Å². The van der Waals surface area contributed by atoms with Gasteiger partial charge in [0.15, 0.2) is 0 Å². The van der Waals surface area contributed by atoms with Crippen LogP contribution in [0.25, 0.3) is 0 Å². The van der Waals surface area contributed by atoms with Crippen molar-refractivity contribution in [1.29, 1.82) is 0 Å². The summed E-state index contributed by atoms with van der Waals surface area (Å²) >= 11 is 1.58. The topological polar surface area (TPSA) is 29.1 Å². The van der Waals surface area contributed by atoms with E-state index in [0.29, 0.717) is 6.54 Å². The van der Waals surface area contributed by atoms with E-state index in [1.54, 1.807) is 24.1 Å². The molecule has 2 nitrogen and oxygen atoms in total. The highest BCUT2D eigenvalue weighted by molar-refractivity contribution is 7.99. The molecule has 2 rings (SSSR count). The molecule has 1 heterocycles. The standard InChI is InChI=1S/C13H18FNOS2/c1-9(18(2)16)8-15-12-6-7-17-13-10(12)4-3-5-11(13)14/h3-5,9,12,15H,6-8H2,1-2H3. The highest BCUT2D eigenvalue weighted by Crippen LogP contribution is 2.37. The predicted molar refractivity (Wildman–Crippen MR) is 76.0 cm³/mol. The van der Waals surface area contributed by atoms with E-state index < -0.39 is 10.8 Å². The van der Waals surface area contributed by atoms with Gasteiger partial charge in [0.1, 0.15) is 5.82 Å². The van der Waals surface area contributed by atoms with Gasteiger partial charge in [-0.3, -0.25) is 4.21 Å². The Bertz CT molecular complexity index is 453. The zero-order chi connectivity index (χ0) is 13.1. The number of rotatable bonds is 4. The van der Waals surface area contributed by atoms with Gasteiger partial charge in [0.05, 0.1) is 0 Å². The maximum Gasteiger partial charge on any atom is 0.137 e. The quantitative estimate of drug-likeness (QED) is 0.923. The first-order valence-corrected chi connectivity index (χ1v) is 8.67. The lowest BCUT2D eigenvalue weighted by atomic mass is 10.0. The lowest BCUT2D eigenvalue weighted by Gasteiger charge is -2.27. The Morgan fingerprint density at radius 2 is 2.39 bits per heavy atom. The van der Waals surface area contributed by atoms with Crippen molar-refractivity contribution in [2.45, 2.75) is 29.5 Å². The van der Waals surface area contributed by atoms with Crippen LogP contribution in [0.2, 0.25) is 0 Å². The van der Waals surface area contributed by atoms with E-state index in [1.165, 1.54) is 6.07 Å². The Hall–Kier alpha value is -0.390. The average molecular weight is 287 g/mol. The molecule has 0 spiro atoms. The number of fused-ring (bicyclic) bond motifs is 1. The van der Waals surface area contributed by atoms with Crippen LogP contribution in [0.1, 0.15) is 24.9 Å². The maximum absolute atomic E-state index is 13.7. The minimum atomic E-state index is -0.819. The first kappa shape index (κ1) is 14.0. The predicted octanol–water partition coefficient (Wildman–Crippen LogP) is 2.72. The molecule has 0 fully saturated rings. The second-order valence-electron chi connectivity index (χ2n) is 4.57. The normalized spacial score (nSPS) is 22.3. The van der Waals surface area contributed by atoms with E-state index in [1.807, 2.05) is 13.0 Å². The summed E-state index contributed by atoms with van der Waals surface area (Å²) in [6, 6.07) is 5.44. The van der Waals surface area contributed by atoms with E-state index in [0.717, 1.165) is 22.6 Å². The lowest BCUT2D eigenvalue weighted by molar-refractivity contribution is 0.497. The molecule has 1 aliphatic heterocycles. The molecule has 0 radical (unpaired) electrons. The van der Waals surface area contributed by atoms with Gasteiger partial charge >= 0.3 is 0 Å². The Kier molecular flexibility index (Phi) is 4.81. The Labute approximate surface area is 114 Å². The molecule has 0 saturated heterocycles. The number of thioether (sulfide) groups is 1. The van der Waals surface area contributed by atoms with Gasteiger partial charge in [0, 0.05) is 39.8 Å². The molecule has 3 unspecified atom stereocenters. The maximum atomic E-state index is 13.7. The molecule has 1 N–H and O–H groups in total. The average Bonchev–Trinajstić information content (AvgIpc) is 2.36. The molecule has 1 aromatic carbocycles. The Morgan fingerprint density at radius 3 is 3.11 bits per heavy atom. The summed E-state index contributed by atoms with van der Waals surface area (Å²) in [5.41, 5.74) is 1.04. The highest BCUT2D eigenvalue weighted by atomic mass is 32.2. The van der Waals surface area contributed by atoms with Crippen molar-refractivity contribution in [3.05, 3.63) is 29.6 Å². The molecule has 0 aliphatic carbocycles. The van der Waals surface area contributed by atoms with Crippen LogP contribution in [0.3, 0.4) is 0 Å². The van der Waals surface area contributed by atoms with Crippen LogP contribution < -0.4 is 5.32 Å². The van der Waals surface area contributed by atoms with Crippen molar-refractivity contribution in [3.8, 4) is 0 Å². The van der Waals surface area contributed by atoms with Gasteiger partial charge in [-0.1, -0.05) is 12.1 Å². The summed E-state index contributed by atoms with van der Waals surface area (Å²) < 4.78 is 25.0. The summed E-state index contributed by atoms with van der Waals surface area (Å²) in [4.78, 5) is 0.770. The summed E-state index contributed by atoms with van der Waals surface area (Å²) in [5, 5.41) is 3.53. The van der Waals surface area contributed by atoms with Crippen LogP contribution in [0.4, 0.5) is 4.39 Å². The van der Waals surface area contributed by atoms with Gasteiger partial charge in [-0.05, 0) is 30.7 Å². The molecule has 18 heavy (non-hydrogen) atoms. The third-order valence-corrected chi connectivity index (χ3v) is 5.70. The van der Waals surface area contributed by atoms with Crippen LogP contribution in [0.15, 0.2) is 23.1 Å². The van der Waals surface area contributed by atoms with Crippen molar-refractivity contribution >= 4 is 22.6 Å². The number of hydrogen-bond donors (Lipinski definition) is 1. The van der Waals surface area contributed by atoms with Gasteiger partial charge < -0.3 is 5.32 Å². The number of nitrogens with one attached hydrogen (secondary N) is 1. The molecular formula is C13H18FNOS2. The monoisotopic (exact) mass is 287 g/mol. The number of hydrogen-bond acceptors (Lipinski definition) is 3. The largest absolute Gasteiger partial charge is 0.309 e. The van der Waals surface area contributed by atoms with Gasteiger partial charge in [0.25, 0.3) is 0 Å². The van der Waals surface area contributed by atoms with Crippen LogP contribution in [-0.4, -0.2) is 28.0 Å². The second kappa shape index (κ2) is 6.17. The fourth-order valence-corrected chi connectivity index (χ4v) is 3.50. The van der Waals surface area contributed by atoms with Crippen LogP contribution in [0, 0.1) is 5.82 Å². The fourth-order valence-electron chi connectivity index (χ4n) is 2.02. The molecule has 100 valence electrons. The Morgan fingerprint density at radius 1 is 1.61 bits per heavy atom. The molecule has 0 aromatic heterocycles. The van der Waals surface area contributed by atoms with Crippen LogP contribution >= 0.6 is 11.8 Å². The third kappa shape index (κ3) is 3.13. The molecule has 1 aliphatic rings. The lowest BCUT2D eigenvalue weighted by Crippen LogP contribution is -2.32. The zero-order valence-corrected chi connectivity index (χ0v) is 12.2. The van der Waals surface area contributed by atoms with Gasteiger partial charge in [-0.15, -0.1) is 11.8 Å². The molecular weight excluding hydrogens is 269 g/mol. The van der Waals surface area contributed by atoms with Gasteiger partial charge in [-0.2, -0.15) is 0 Å². The molecule has 5 heteroatoms. The van der Waals surface area contributed by atoms with E-state index in [-0.39, 0.29) is 17.1 Å². The summed E-state index contributed by atoms with van der Waals surface area (Å²) in [7, 11) is -0.819. The Balaban J connectivity index is 2.09. The van der Waals surface area contributed by atoms with E-state index in [4.69, 9.17) is 0 Å². The van der Waals surface area contributed by atoms with Crippen molar-refractivity contribution in [3.63, 3.8) is 0 Å². The number of benzene rings is 1.